The quantitative estimate of drug-likeness (QED) is 0.814. The summed E-state index contributed by atoms with van der Waals surface area (Å²) in [5.74, 6) is 0. The second-order valence-electron chi connectivity index (χ2n) is 5.75. The van der Waals surface area contributed by atoms with Crippen molar-refractivity contribution in [3.05, 3.63) is 69.7 Å². The highest BCUT2D eigenvalue weighted by Crippen LogP contribution is 2.19. The summed E-state index contributed by atoms with van der Waals surface area (Å²) >= 11 is 6.29. The largest absolute Gasteiger partial charge is 0.314 e. The Kier molecular flexibility index (Phi) is 5.84. The number of hydrogen-bond donors (Lipinski definition) is 1. The fourth-order valence-corrected chi connectivity index (χ4v) is 3.12. The molecule has 0 heterocycles. The Bertz CT molecular complexity index is 572. The zero-order valence-electron chi connectivity index (χ0n) is 13.1. The Hall–Kier alpha value is -1.31. The third kappa shape index (κ3) is 4.87. The second kappa shape index (κ2) is 7.63. The predicted molar refractivity (Wildman–Crippen MR) is 92.2 cm³/mol. The van der Waals surface area contributed by atoms with E-state index >= 15 is 0 Å². The first-order valence-electron chi connectivity index (χ1n) is 7.62. The van der Waals surface area contributed by atoms with Crippen LogP contribution in [0, 0.1) is 13.8 Å². The minimum atomic E-state index is 0.413. The lowest BCUT2D eigenvalue weighted by molar-refractivity contribution is 0.521. The Morgan fingerprint density at radius 1 is 1.00 bits per heavy atom. The van der Waals surface area contributed by atoms with Gasteiger partial charge >= 0.3 is 0 Å². The highest BCUT2D eigenvalue weighted by Gasteiger charge is 2.12. The van der Waals surface area contributed by atoms with Gasteiger partial charge in [0, 0.05) is 11.1 Å². The zero-order valence-corrected chi connectivity index (χ0v) is 13.9. The molecule has 0 spiro atoms. The second-order valence-corrected chi connectivity index (χ2v) is 6.16. The number of halogens is 1. The molecule has 1 nitrogen and oxygen atoms in total. The van der Waals surface area contributed by atoms with Crippen molar-refractivity contribution in [2.24, 2.45) is 0 Å². The van der Waals surface area contributed by atoms with Crippen LogP contribution in [0.2, 0.25) is 5.02 Å². The molecule has 0 bridgehead atoms. The molecule has 0 saturated carbocycles. The average molecular weight is 302 g/mol. The van der Waals surface area contributed by atoms with Crippen LogP contribution in [0.4, 0.5) is 0 Å². The van der Waals surface area contributed by atoms with Crippen LogP contribution in [0.25, 0.3) is 0 Å². The van der Waals surface area contributed by atoms with Gasteiger partial charge < -0.3 is 5.32 Å². The van der Waals surface area contributed by atoms with Crippen LogP contribution in [0.5, 0.6) is 0 Å². The van der Waals surface area contributed by atoms with Gasteiger partial charge in [-0.3, -0.25) is 0 Å². The van der Waals surface area contributed by atoms with E-state index in [4.69, 9.17) is 11.6 Å². The molecule has 1 N–H and O–H groups in total. The molecule has 0 radical (unpaired) electrons. The number of likely N-dealkylation sites (N-methyl/N-ethyl adjacent to an activating group) is 1. The van der Waals surface area contributed by atoms with Gasteiger partial charge in [-0.15, -0.1) is 0 Å². The summed E-state index contributed by atoms with van der Waals surface area (Å²) in [5, 5.41) is 4.45. The summed E-state index contributed by atoms with van der Waals surface area (Å²) in [6.07, 6.45) is 1.99. The molecule has 21 heavy (non-hydrogen) atoms. The van der Waals surface area contributed by atoms with Gasteiger partial charge in [0.25, 0.3) is 0 Å². The Balaban J connectivity index is 2.13. The van der Waals surface area contributed by atoms with Crippen LogP contribution >= 0.6 is 11.6 Å². The molecule has 1 unspecified atom stereocenters. The molecule has 0 aromatic heterocycles. The molecule has 0 aliphatic heterocycles. The van der Waals surface area contributed by atoms with E-state index in [2.05, 4.69) is 56.4 Å². The lowest BCUT2D eigenvalue weighted by atomic mass is 9.96. The van der Waals surface area contributed by atoms with Crippen LogP contribution in [0.1, 0.15) is 29.2 Å². The monoisotopic (exact) mass is 301 g/mol. The highest BCUT2D eigenvalue weighted by atomic mass is 35.5. The highest BCUT2D eigenvalue weighted by molar-refractivity contribution is 6.31. The fraction of sp³-hybridized carbons (Fsp3) is 0.368. The van der Waals surface area contributed by atoms with Gasteiger partial charge in [-0.1, -0.05) is 66.0 Å². The molecule has 1 atom stereocenters. The van der Waals surface area contributed by atoms with E-state index < -0.39 is 0 Å². The molecule has 0 fully saturated rings. The van der Waals surface area contributed by atoms with E-state index in [1.807, 2.05) is 12.1 Å². The lowest BCUT2D eigenvalue weighted by Gasteiger charge is -2.19. The third-order valence-electron chi connectivity index (χ3n) is 3.68. The van der Waals surface area contributed by atoms with Crippen molar-refractivity contribution in [3.8, 4) is 0 Å². The third-order valence-corrected chi connectivity index (χ3v) is 4.05. The number of nitrogens with one attached hydrogen (secondary N) is 1. The minimum Gasteiger partial charge on any atom is -0.314 e. The van der Waals surface area contributed by atoms with Crippen LogP contribution in [0.3, 0.4) is 0 Å². The molecule has 2 aromatic rings. The van der Waals surface area contributed by atoms with Gasteiger partial charge in [-0.25, -0.2) is 0 Å². The molecule has 0 aliphatic rings. The maximum atomic E-state index is 6.29. The first-order valence-corrected chi connectivity index (χ1v) is 8.00. The Morgan fingerprint density at radius 2 is 1.67 bits per heavy atom. The van der Waals surface area contributed by atoms with Gasteiger partial charge in [-0.2, -0.15) is 0 Å². The summed E-state index contributed by atoms with van der Waals surface area (Å²) in [5.41, 5.74) is 5.27. The van der Waals surface area contributed by atoms with Crippen molar-refractivity contribution in [1.82, 2.24) is 5.32 Å². The van der Waals surface area contributed by atoms with E-state index in [0.29, 0.717) is 6.04 Å². The van der Waals surface area contributed by atoms with E-state index in [1.54, 1.807) is 0 Å². The van der Waals surface area contributed by atoms with E-state index in [0.717, 1.165) is 24.4 Å². The topological polar surface area (TPSA) is 12.0 Å². The lowest BCUT2D eigenvalue weighted by Crippen LogP contribution is -2.33. The smallest absolute Gasteiger partial charge is 0.0438 e. The van der Waals surface area contributed by atoms with Crippen molar-refractivity contribution in [2.45, 2.75) is 39.7 Å². The van der Waals surface area contributed by atoms with Crippen LogP contribution in [-0.2, 0) is 12.8 Å². The standard InChI is InChI=1S/C19H24ClN/c1-4-21-18(13-17-7-5-6-8-19(17)20)12-16-10-14(2)9-15(3)11-16/h5-11,18,21H,4,12-13H2,1-3H3. The molecule has 2 aromatic carbocycles. The van der Waals surface area contributed by atoms with Crippen LogP contribution < -0.4 is 5.32 Å². The van der Waals surface area contributed by atoms with Crippen molar-refractivity contribution in [1.29, 1.82) is 0 Å². The Labute approximate surface area is 133 Å². The molecule has 0 aliphatic carbocycles. The van der Waals surface area contributed by atoms with E-state index in [-0.39, 0.29) is 0 Å². The first kappa shape index (κ1) is 16.1. The van der Waals surface area contributed by atoms with Gasteiger partial charge in [0.15, 0.2) is 0 Å². The minimum absolute atomic E-state index is 0.413. The summed E-state index contributed by atoms with van der Waals surface area (Å²) in [4.78, 5) is 0. The molecule has 2 rings (SSSR count). The first-order chi connectivity index (χ1) is 10.1. The van der Waals surface area contributed by atoms with Crippen molar-refractivity contribution in [3.63, 3.8) is 0 Å². The summed E-state index contributed by atoms with van der Waals surface area (Å²) in [6, 6.07) is 15.3. The van der Waals surface area contributed by atoms with Crippen molar-refractivity contribution in [2.75, 3.05) is 6.54 Å². The van der Waals surface area contributed by atoms with Gasteiger partial charge in [0.1, 0.15) is 0 Å². The molecule has 0 saturated heterocycles. The van der Waals surface area contributed by atoms with Gasteiger partial charge in [-0.05, 0) is 50.4 Å². The maximum Gasteiger partial charge on any atom is 0.0438 e. The molecular weight excluding hydrogens is 278 g/mol. The number of benzene rings is 2. The van der Waals surface area contributed by atoms with Crippen LogP contribution in [-0.4, -0.2) is 12.6 Å². The summed E-state index contributed by atoms with van der Waals surface area (Å²) in [7, 11) is 0. The summed E-state index contributed by atoms with van der Waals surface area (Å²) < 4.78 is 0. The molecule has 112 valence electrons. The number of hydrogen-bond acceptors (Lipinski definition) is 1. The normalized spacial score (nSPS) is 12.4. The average Bonchev–Trinajstić information content (AvgIpc) is 2.40. The van der Waals surface area contributed by atoms with Crippen molar-refractivity contribution >= 4 is 11.6 Å². The molecule has 0 amide bonds. The fourth-order valence-electron chi connectivity index (χ4n) is 2.91. The summed E-state index contributed by atoms with van der Waals surface area (Å²) in [6.45, 7) is 7.45. The predicted octanol–water partition coefficient (Wildman–Crippen LogP) is 4.72. The number of rotatable bonds is 6. The molecule has 2 heteroatoms. The SMILES string of the molecule is CCNC(Cc1cc(C)cc(C)c1)Cc1ccccc1Cl. The number of aryl methyl sites for hydroxylation is 2. The van der Waals surface area contributed by atoms with Gasteiger partial charge in [0.2, 0.25) is 0 Å². The van der Waals surface area contributed by atoms with Crippen LogP contribution in [0.15, 0.2) is 42.5 Å². The maximum absolute atomic E-state index is 6.29. The zero-order chi connectivity index (χ0) is 15.2. The van der Waals surface area contributed by atoms with Gasteiger partial charge in [0.05, 0.1) is 0 Å². The van der Waals surface area contributed by atoms with E-state index in [1.165, 1.54) is 22.3 Å². The Morgan fingerprint density at radius 3 is 2.29 bits per heavy atom. The van der Waals surface area contributed by atoms with E-state index in [9.17, 15) is 0 Å². The molecular formula is C19H24ClN. The van der Waals surface area contributed by atoms with Crippen molar-refractivity contribution < 1.29 is 0 Å².